The Morgan fingerprint density at radius 2 is 1.70 bits per heavy atom. The van der Waals surface area contributed by atoms with Crippen molar-refractivity contribution in [3.05, 3.63) is 59.2 Å². The van der Waals surface area contributed by atoms with Crippen LogP contribution in [0.25, 0.3) is 0 Å². The molecule has 1 aliphatic heterocycles. The molecule has 0 radical (unpaired) electrons. The van der Waals surface area contributed by atoms with Gasteiger partial charge in [-0.15, -0.1) is 0 Å². The Balaban J connectivity index is 1.36. The number of hydrogen-bond donors (Lipinski definition) is 0. The Morgan fingerprint density at radius 3 is 2.32 bits per heavy atom. The Morgan fingerprint density at radius 1 is 0.973 bits per heavy atom. The quantitative estimate of drug-likeness (QED) is 0.300. The van der Waals surface area contributed by atoms with Crippen LogP contribution in [0.15, 0.2) is 42.5 Å². The van der Waals surface area contributed by atoms with Gasteiger partial charge in [0.1, 0.15) is 11.4 Å². The predicted molar refractivity (Wildman–Crippen MR) is 156 cm³/mol. The average Bonchev–Trinajstić information content (AvgIpc) is 3.68. The largest absolute Gasteiger partial charge is 0.493 e. The van der Waals surface area contributed by atoms with E-state index in [0.29, 0.717) is 17.3 Å². The molecule has 1 saturated carbocycles. The molecule has 204 valence electrons. The van der Waals surface area contributed by atoms with E-state index in [4.69, 9.17) is 4.74 Å². The predicted octanol–water partition coefficient (Wildman–Crippen LogP) is 9.46. The maximum atomic E-state index is 14.8. The highest BCUT2D eigenvalue weighted by atomic mass is 19.1. The average molecular weight is 508 g/mol. The normalized spacial score (nSPS) is 18.2. The molecule has 0 N–H and O–H groups in total. The highest BCUT2D eigenvalue weighted by Crippen LogP contribution is 2.45. The van der Waals surface area contributed by atoms with Crippen LogP contribution in [0.2, 0.25) is 0 Å². The molecule has 2 aromatic rings. The lowest BCUT2D eigenvalue weighted by Gasteiger charge is -2.35. The minimum atomic E-state index is -1.32. The minimum absolute atomic E-state index is 0.342. The van der Waals surface area contributed by atoms with Crippen LogP contribution in [-0.2, 0) is 12.1 Å². The number of hydrogen-bond acceptors (Lipinski definition) is 2. The molecule has 4 rings (SSSR count). The first kappa shape index (κ1) is 28.0. The minimum Gasteiger partial charge on any atom is -0.493 e. The van der Waals surface area contributed by atoms with Crippen molar-refractivity contribution >= 4 is 5.69 Å². The third-order valence-electron chi connectivity index (χ3n) is 8.50. The van der Waals surface area contributed by atoms with E-state index < -0.39 is 5.67 Å². The number of anilines is 1. The van der Waals surface area contributed by atoms with Crippen molar-refractivity contribution in [3.63, 3.8) is 0 Å². The van der Waals surface area contributed by atoms with Crippen molar-refractivity contribution in [2.45, 2.75) is 104 Å². The topological polar surface area (TPSA) is 12.5 Å². The number of piperidine rings is 1. The fourth-order valence-corrected chi connectivity index (χ4v) is 5.98. The van der Waals surface area contributed by atoms with Gasteiger partial charge in [-0.05, 0) is 123 Å². The van der Waals surface area contributed by atoms with Crippen molar-refractivity contribution in [2.24, 2.45) is 17.3 Å². The van der Waals surface area contributed by atoms with Crippen molar-refractivity contribution in [1.29, 1.82) is 0 Å². The molecule has 1 unspecified atom stereocenters. The van der Waals surface area contributed by atoms with Crippen LogP contribution in [0.5, 0.6) is 5.75 Å². The van der Waals surface area contributed by atoms with E-state index in [-0.39, 0.29) is 0 Å². The monoisotopic (exact) mass is 507 g/mol. The van der Waals surface area contributed by atoms with E-state index in [1.807, 2.05) is 6.07 Å². The highest BCUT2D eigenvalue weighted by molar-refractivity contribution is 5.57. The zero-order valence-corrected chi connectivity index (χ0v) is 24.3. The number of aryl methyl sites for hydroxylation is 1. The van der Waals surface area contributed by atoms with Gasteiger partial charge in [0.25, 0.3) is 0 Å². The molecule has 1 atom stereocenters. The highest BCUT2D eigenvalue weighted by Gasteiger charge is 2.31. The van der Waals surface area contributed by atoms with Gasteiger partial charge in [-0.1, -0.05) is 52.0 Å². The van der Waals surface area contributed by atoms with Crippen molar-refractivity contribution in [3.8, 4) is 5.75 Å². The zero-order valence-electron chi connectivity index (χ0n) is 24.3. The molecule has 2 nitrogen and oxygen atoms in total. The van der Waals surface area contributed by atoms with Gasteiger partial charge in [-0.2, -0.15) is 0 Å². The van der Waals surface area contributed by atoms with Gasteiger partial charge < -0.3 is 9.64 Å². The molecule has 1 aliphatic carbocycles. The van der Waals surface area contributed by atoms with E-state index in [1.165, 1.54) is 42.5 Å². The molecule has 2 aliphatic rings. The number of alkyl halides is 1. The first-order valence-electron chi connectivity index (χ1n) is 14.8. The molecule has 0 spiro atoms. The van der Waals surface area contributed by atoms with Crippen molar-refractivity contribution in [1.82, 2.24) is 0 Å². The molecule has 37 heavy (non-hydrogen) atoms. The van der Waals surface area contributed by atoms with Crippen LogP contribution in [0, 0.1) is 17.3 Å². The van der Waals surface area contributed by atoms with Crippen molar-refractivity contribution in [2.75, 3.05) is 24.6 Å². The van der Waals surface area contributed by atoms with Gasteiger partial charge in [0.2, 0.25) is 0 Å². The Labute approximate surface area is 226 Å². The summed E-state index contributed by atoms with van der Waals surface area (Å²) < 4.78 is 21.2. The second kappa shape index (κ2) is 11.8. The second-order valence-corrected chi connectivity index (χ2v) is 13.4. The summed E-state index contributed by atoms with van der Waals surface area (Å²) in [6.07, 6.45) is 9.62. The number of ether oxygens (including phenoxy) is 1. The van der Waals surface area contributed by atoms with Crippen LogP contribution in [0.3, 0.4) is 0 Å². The van der Waals surface area contributed by atoms with Gasteiger partial charge in [0, 0.05) is 18.8 Å². The molecule has 2 fully saturated rings. The maximum absolute atomic E-state index is 14.8. The lowest BCUT2D eigenvalue weighted by Crippen LogP contribution is -2.36. The third kappa shape index (κ3) is 7.98. The number of nitrogens with zero attached hydrogens (tertiary/aromatic N) is 1. The van der Waals surface area contributed by atoms with E-state index in [2.05, 4.69) is 69.0 Å². The molecule has 1 heterocycles. The first-order valence-corrected chi connectivity index (χ1v) is 14.8. The van der Waals surface area contributed by atoms with Crippen LogP contribution in [-0.4, -0.2) is 19.7 Å². The number of halogens is 1. The molecule has 0 aromatic heterocycles. The summed E-state index contributed by atoms with van der Waals surface area (Å²) in [5.41, 5.74) is 3.86. The molecular formula is C34H50FNO. The molecule has 2 aromatic carbocycles. The zero-order chi connectivity index (χ0) is 26.6. The Kier molecular flexibility index (Phi) is 8.92. The fraction of sp³-hybridized carbons (Fsp3) is 0.647. The second-order valence-electron chi connectivity index (χ2n) is 13.4. The lowest BCUT2D eigenvalue weighted by molar-refractivity contribution is 0.220. The van der Waals surface area contributed by atoms with Crippen LogP contribution in [0.1, 0.15) is 109 Å². The SMILES string of the molecule is CCC(c1cccc(OCC2CCN(c3cc(C(C)(C)F)ccc3CCCC(C)(C)C)CC2)c1)C1CC1. The summed E-state index contributed by atoms with van der Waals surface area (Å²) in [6, 6.07) is 15.2. The smallest absolute Gasteiger partial charge is 0.130 e. The summed E-state index contributed by atoms with van der Waals surface area (Å²) in [7, 11) is 0. The van der Waals surface area contributed by atoms with Crippen LogP contribution < -0.4 is 9.64 Å². The fourth-order valence-electron chi connectivity index (χ4n) is 5.98. The van der Waals surface area contributed by atoms with Gasteiger partial charge in [0.15, 0.2) is 0 Å². The van der Waals surface area contributed by atoms with Crippen molar-refractivity contribution < 1.29 is 9.13 Å². The summed E-state index contributed by atoms with van der Waals surface area (Å²) in [6.45, 7) is 15.4. The van der Waals surface area contributed by atoms with E-state index in [0.717, 1.165) is 62.6 Å². The van der Waals surface area contributed by atoms with Gasteiger partial charge in [-0.25, -0.2) is 4.39 Å². The van der Waals surface area contributed by atoms with Gasteiger partial charge in [0.05, 0.1) is 6.61 Å². The van der Waals surface area contributed by atoms with E-state index in [9.17, 15) is 4.39 Å². The number of rotatable bonds is 11. The molecule has 0 bridgehead atoms. The lowest BCUT2D eigenvalue weighted by atomic mass is 9.88. The maximum Gasteiger partial charge on any atom is 0.130 e. The summed E-state index contributed by atoms with van der Waals surface area (Å²) in [5, 5.41) is 0. The van der Waals surface area contributed by atoms with E-state index in [1.54, 1.807) is 13.8 Å². The summed E-state index contributed by atoms with van der Waals surface area (Å²) in [5.74, 6) is 3.16. The third-order valence-corrected chi connectivity index (χ3v) is 8.50. The first-order chi connectivity index (χ1) is 17.5. The van der Waals surface area contributed by atoms with Gasteiger partial charge >= 0.3 is 0 Å². The molecule has 1 saturated heterocycles. The molecule has 3 heteroatoms. The Hall–Kier alpha value is -2.03. The van der Waals surface area contributed by atoms with Gasteiger partial charge in [-0.3, -0.25) is 0 Å². The van der Waals surface area contributed by atoms with Crippen LogP contribution >= 0.6 is 0 Å². The Bertz CT molecular complexity index is 1010. The molecule has 0 amide bonds. The standard InChI is InChI=1S/C34H50FNO/c1-7-31(26-13-14-26)28-10-8-12-30(22-28)37-24-25-17-20-36(21-18-25)32-23-29(34(5,6)35)16-15-27(32)11-9-19-33(2,3)4/h8,10,12,15-16,22-23,25-26,31H,7,9,11,13-14,17-21,24H2,1-6H3. The van der Waals surface area contributed by atoms with Crippen LogP contribution in [0.4, 0.5) is 10.1 Å². The summed E-state index contributed by atoms with van der Waals surface area (Å²) in [4.78, 5) is 2.50. The molecular weight excluding hydrogens is 457 g/mol. The number of benzene rings is 2. The van der Waals surface area contributed by atoms with E-state index >= 15 is 0 Å². The summed E-state index contributed by atoms with van der Waals surface area (Å²) >= 11 is 0.